The minimum absolute atomic E-state index is 0.925. The minimum atomic E-state index is 0.925. The summed E-state index contributed by atoms with van der Waals surface area (Å²) in [4.78, 5) is 9.29. The molecule has 1 aromatic carbocycles. The van der Waals surface area contributed by atoms with Crippen molar-refractivity contribution < 1.29 is 0 Å². The molecule has 6 heteroatoms. The van der Waals surface area contributed by atoms with Crippen molar-refractivity contribution in [2.75, 3.05) is 17.0 Å². The van der Waals surface area contributed by atoms with Crippen LogP contribution in [0.2, 0.25) is 0 Å². The Balaban J connectivity index is 1.65. The van der Waals surface area contributed by atoms with Crippen LogP contribution in [-0.4, -0.2) is 22.3 Å². The van der Waals surface area contributed by atoms with Crippen LogP contribution < -0.4 is 4.72 Å². The van der Waals surface area contributed by atoms with Crippen LogP contribution in [0.5, 0.6) is 0 Å². The number of anilines is 1. The molecule has 2 aromatic heterocycles. The third-order valence-electron chi connectivity index (χ3n) is 3.25. The molecule has 0 spiro atoms. The fourth-order valence-electron chi connectivity index (χ4n) is 2.28. The van der Waals surface area contributed by atoms with E-state index in [2.05, 4.69) is 55.8 Å². The van der Waals surface area contributed by atoms with Crippen LogP contribution in [0.25, 0.3) is 10.9 Å². The Morgan fingerprint density at radius 3 is 3.10 bits per heavy atom. The number of nitrogens with one attached hydrogen (secondary N) is 2. The van der Waals surface area contributed by atoms with Crippen molar-refractivity contribution in [3.8, 4) is 0 Å². The van der Waals surface area contributed by atoms with Crippen molar-refractivity contribution >= 4 is 56.7 Å². The molecule has 0 radical (unpaired) electrons. The predicted octanol–water partition coefficient (Wildman–Crippen LogP) is 4.84. The summed E-state index contributed by atoms with van der Waals surface area (Å²) in [5.74, 6) is 1.09. The van der Waals surface area contributed by atoms with Gasteiger partial charge >= 0.3 is 0 Å². The number of thioether (sulfide) groups is 1. The first-order valence-electron chi connectivity index (χ1n) is 6.64. The summed E-state index contributed by atoms with van der Waals surface area (Å²) in [6.45, 7) is 0.925. The highest BCUT2D eigenvalue weighted by atomic mass is 32.2. The largest absolute Gasteiger partial charge is 0.351 e. The third-order valence-corrected chi connectivity index (χ3v) is 5.90. The topological polar surface area (TPSA) is 40.2 Å². The minimum Gasteiger partial charge on any atom is -0.351 e. The monoisotopic (exact) mass is 331 g/mol. The lowest BCUT2D eigenvalue weighted by atomic mass is 10.2. The van der Waals surface area contributed by atoms with Gasteiger partial charge in [-0.15, -0.1) is 11.8 Å². The molecule has 0 unspecified atom stereocenters. The highest BCUT2D eigenvalue weighted by Gasteiger charge is 2.13. The molecule has 21 heavy (non-hydrogen) atoms. The molecular weight excluding hydrogens is 318 g/mol. The highest BCUT2D eigenvalue weighted by molar-refractivity contribution is 8.14. The number of para-hydroxylation sites is 1. The Bertz CT molecular complexity index is 790. The lowest BCUT2D eigenvalue weighted by Gasteiger charge is -2.05. The van der Waals surface area contributed by atoms with Crippen LogP contribution in [0, 0.1) is 0 Å². The van der Waals surface area contributed by atoms with Gasteiger partial charge in [0.05, 0.1) is 16.9 Å². The first-order valence-corrected chi connectivity index (χ1v) is 9.39. The number of aromatic nitrogens is 1. The molecule has 0 aliphatic carbocycles. The second-order valence-corrected chi connectivity index (χ2v) is 7.39. The Morgan fingerprint density at radius 2 is 2.29 bits per heavy atom. The normalized spacial score (nSPS) is 14.6. The number of rotatable bonds is 4. The molecule has 0 saturated carbocycles. The highest BCUT2D eigenvalue weighted by Crippen LogP contribution is 2.30. The number of aromatic amines is 1. The Kier molecular flexibility index (Phi) is 3.67. The second kappa shape index (κ2) is 5.79. The molecule has 0 atom stereocenters. The summed E-state index contributed by atoms with van der Waals surface area (Å²) in [6, 6.07) is 10.6. The summed E-state index contributed by atoms with van der Waals surface area (Å²) in [5.41, 5.74) is 3.38. The van der Waals surface area contributed by atoms with Crippen molar-refractivity contribution in [2.45, 2.75) is 4.90 Å². The van der Waals surface area contributed by atoms with Crippen LogP contribution in [0.1, 0.15) is 5.69 Å². The average molecular weight is 331 g/mol. The number of hydrogen-bond donors (Lipinski definition) is 2. The molecular formula is C15H13N3S3. The second-order valence-electron chi connectivity index (χ2n) is 4.65. The maximum absolute atomic E-state index is 4.54. The molecule has 3 heterocycles. The summed E-state index contributed by atoms with van der Waals surface area (Å²) in [6.07, 6.45) is 0. The number of nitrogens with zero attached hydrogens (tertiary/aromatic N) is 1. The zero-order chi connectivity index (χ0) is 14.1. The van der Waals surface area contributed by atoms with Gasteiger partial charge in [0, 0.05) is 28.0 Å². The lowest BCUT2D eigenvalue weighted by molar-refractivity contribution is 1.17. The Morgan fingerprint density at radius 1 is 1.29 bits per heavy atom. The molecule has 2 N–H and O–H groups in total. The third kappa shape index (κ3) is 2.71. The SMILES string of the molecule is c1cc(NSc2ccsc2)c2[nH]c(C3=NCCS3)cc2c1. The number of benzene rings is 1. The summed E-state index contributed by atoms with van der Waals surface area (Å²) in [7, 11) is 0. The summed E-state index contributed by atoms with van der Waals surface area (Å²) >= 11 is 5.18. The first-order chi connectivity index (χ1) is 10.4. The predicted molar refractivity (Wildman–Crippen MR) is 96.0 cm³/mol. The Labute approximate surface area is 135 Å². The molecule has 0 saturated heterocycles. The summed E-state index contributed by atoms with van der Waals surface area (Å²) < 4.78 is 3.44. The van der Waals surface area contributed by atoms with Crippen LogP contribution in [0.3, 0.4) is 0 Å². The van der Waals surface area contributed by atoms with E-state index >= 15 is 0 Å². The quantitative estimate of drug-likeness (QED) is 0.672. The van der Waals surface area contributed by atoms with Crippen LogP contribution in [0.4, 0.5) is 5.69 Å². The molecule has 3 nitrogen and oxygen atoms in total. The molecule has 1 aliphatic heterocycles. The molecule has 4 rings (SSSR count). The zero-order valence-electron chi connectivity index (χ0n) is 11.1. The van der Waals surface area contributed by atoms with Gasteiger partial charge in [-0.05, 0) is 35.5 Å². The molecule has 0 bridgehead atoms. The van der Waals surface area contributed by atoms with Gasteiger partial charge in [0.1, 0.15) is 5.04 Å². The maximum Gasteiger partial charge on any atom is 0.114 e. The van der Waals surface area contributed by atoms with Crippen LogP contribution in [-0.2, 0) is 0 Å². The molecule has 1 aliphatic rings. The zero-order valence-corrected chi connectivity index (χ0v) is 13.6. The van der Waals surface area contributed by atoms with Crippen molar-refractivity contribution in [3.63, 3.8) is 0 Å². The first kappa shape index (κ1) is 13.3. The number of thiophene rings is 1. The van der Waals surface area contributed by atoms with E-state index in [0.717, 1.165) is 34.2 Å². The summed E-state index contributed by atoms with van der Waals surface area (Å²) in [5, 5.41) is 6.58. The van der Waals surface area contributed by atoms with Crippen LogP contribution >= 0.6 is 35.0 Å². The van der Waals surface area contributed by atoms with E-state index in [-0.39, 0.29) is 0 Å². The van der Waals surface area contributed by atoms with Gasteiger partial charge in [-0.1, -0.05) is 12.1 Å². The van der Waals surface area contributed by atoms with Gasteiger partial charge in [-0.25, -0.2) is 0 Å². The van der Waals surface area contributed by atoms with Crippen molar-refractivity contribution in [3.05, 3.63) is 46.8 Å². The number of aliphatic imine (C=N–C) groups is 1. The molecule has 0 amide bonds. The average Bonchev–Trinajstić information content (AvgIpc) is 3.23. The van der Waals surface area contributed by atoms with Gasteiger partial charge in [0.2, 0.25) is 0 Å². The van der Waals surface area contributed by atoms with Gasteiger partial charge in [0.25, 0.3) is 0 Å². The number of hydrogen-bond acceptors (Lipinski definition) is 5. The fourth-order valence-corrected chi connectivity index (χ4v) is 4.60. The van der Waals surface area contributed by atoms with Crippen LogP contribution in [0.15, 0.2) is 51.0 Å². The van der Waals surface area contributed by atoms with E-state index in [1.165, 1.54) is 10.3 Å². The fraction of sp³-hybridized carbons (Fsp3) is 0.133. The smallest absolute Gasteiger partial charge is 0.114 e. The molecule has 0 fully saturated rings. The van der Waals surface area contributed by atoms with Crippen molar-refractivity contribution in [2.24, 2.45) is 4.99 Å². The van der Waals surface area contributed by atoms with Gasteiger partial charge in [-0.3, -0.25) is 4.99 Å². The van der Waals surface area contributed by atoms with Crippen molar-refractivity contribution in [1.29, 1.82) is 0 Å². The lowest BCUT2D eigenvalue weighted by Crippen LogP contribution is -1.91. The standard InChI is InChI=1S/C15H13N3S3/c1-2-10-8-13(15-16-5-7-20-15)17-14(10)12(3-1)18-21-11-4-6-19-9-11/h1-4,6,8-9,17-18H,5,7H2. The van der Waals surface area contributed by atoms with E-state index in [4.69, 9.17) is 0 Å². The van der Waals surface area contributed by atoms with Gasteiger partial charge < -0.3 is 9.71 Å². The van der Waals surface area contributed by atoms with Gasteiger partial charge in [0.15, 0.2) is 0 Å². The molecule has 3 aromatic rings. The Hall–Kier alpha value is -1.37. The maximum atomic E-state index is 4.54. The van der Waals surface area contributed by atoms with E-state index in [1.54, 1.807) is 23.3 Å². The van der Waals surface area contributed by atoms with E-state index < -0.39 is 0 Å². The number of fused-ring (bicyclic) bond motifs is 1. The number of H-pyrrole nitrogens is 1. The van der Waals surface area contributed by atoms with Crippen molar-refractivity contribution in [1.82, 2.24) is 4.98 Å². The van der Waals surface area contributed by atoms with E-state index in [9.17, 15) is 0 Å². The molecule has 106 valence electrons. The van der Waals surface area contributed by atoms with E-state index in [0.29, 0.717) is 0 Å². The van der Waals surface area contributed by atoms with Gasteiger partial charge in [-0.2, -0.15) is 11.3 Å². The van der Waals surface area contributed by atoms with E-state index in [1.807, 2.05) is 11.8 Å².